The highest BCUT2D eigenvalue weighted by Gasteiger charge is 2.02. The summed E-state index contributed by atoms with van der Waals surface area (Å²) < 4.78 is 5.00. The van der Waals surface area contributed by atoms with Gasteiger partial charge in [-0.15, -0.1) is 0 Å². The molecule has 0 spiro atoms. The lowest BCUT2D eigenvalue weighted by molar-refractivity contribution is 0.187. The van der Waals surface area contributed by atoms with Crippen molar-refractivity contribution < 1.29 is 9.52 Å². The van der Waals surface area contributed by atoms with Gasteiger partial charge in [-0.1, -0.05) is 0 Å². The second-order valence-electron chi connectivity index (χ2n) is 2.26. The monoisotopic (exact) mass is 160 g/mol. The van der Waals surface area contributed by atoms with Crippen LogP contribution >= 0.6 is 11.6 Å². The van der Waals surface area contributed by atoms with Crippen LogP contribution in [0.3, 0.4) is 0 Å². The van der Waals surface area contributed by atoms with E-state index in [9.17, 15) is 0 Å². The minimum absolute atomic E-state index is 0.371. The standard InChI is InChI=1S/C7H9ClO2/c1-5(9)4-6-2-3-7(8)10-6/h2-3,5,9H,4H2,1H3/t5-/m0/s1. The lowest BCUT2D eigenvalue weighted by Gasteiger charge is -1.97. The molecule has 0 amide bonds. The van der Waals surface area contributed by atoms with Crippen molar-refractivity contribution in [1.82, 2.24) is 0 Å². The Kier molecular flexibility index (Phi) is 2.35. The molecule has 0 radical (unpaired) electrons. The molecule has 0 saturated heterocycles. The minimum atomic E-state index is -0.373. The summed E-state index contributed by atoms with van der Waals surface area (Å²) in [5.74, 6) is 0.722. The van der Waals surface area contributed by atoms with E-state index in [1.807, 2.05) is 0 Å². The molecule has 0 aliphatic carbocycles. The first-order chi connectivity index (χ1) is 4.68. The van der Waals surface area contributed by atoms with E-state index >= 15 is 0 Å². The van der Waals surface area contributed by atoms with E-state index in [2.05, 4.69) is 0 Å². The maximum absolute atomic E-state index is 8.91. The second kappa shape index (κ2) is 3.08. The highest BCUT2D eigenvalue weighted by molar-refractivity contribution is 6.28. The van der Waals surface area contributed by atoms with E-state index in [1.165, 1.54) is 0 Å². The van der Waals surface area contributed by atoms with Gasteiger partial charge >= 0.3 is 0 Å². The minimum Gasteiger partial charge on any atom is -0.450 e. The lowest BCUT2D eigenvalue weighted by atomic mass is 10.2. The maximum Gasteiger partial charge on any atom is 0.193 e. The van der Waals surface area contributed by atoms with Gasteiger partial charge < -0.3 is 9.52 Å². The summed E-state index contributed by atoms with van der Waals surface area (Å²) in [6.45, 7) is 1.70. The summed E-state index contributed by atoms with van der Waals surface area (Å²) in [4.78, 5) is 0. The third-order valence-electron chi connectivity index (χ3n) is 1.13. The molecule has 2 nitrogen and oxygen atoms in total. The van der Waals surface area contributed by atoms with Crippen molar-refractivity contribution in [2.75, 3.05) is 0 Å². The van der Waals surface area contributed by atoms with Gasteiger partial charge in [0, 0.05) is 6.42 Å². The molecule has 1 aromatic heterocycles. The molecular formula is C7H9ClO2. The van der Waals surface area contributed by atoms with Crippen LogP contribution in [0.2, 0.25) is 5.22 Å². The smallest absolute Gasteiger partial charge is 0.193 e. The van der Waals surface area contributed by atoms with Crippen LogP contribution in [0.25, 0.3) is 0 Å². The van der Waals surface area contributed by atoms with Crippen LogP contribution in [0.15, 0.2) is 16.5 Å². The second-order valence-corrected chi connectivity index (χ2v) is 2.63. The first-order valence-corrected chi connectivity index (χ1v) is 3.48. The Morgan fingerprint density at radius 1 is 1.70 bits per heavy atom. The van der Waals surface area contributed by atoms with Gasteiger partial charge in [-0.25, -0.2) is 0 Å². The van der Waals surface area contributed by atoms with E-state index in [-0.39, 0.29) is 6.10 Å². The van der Waals surface area contributed by atoms with Gasteiger partial charge in [-0.2, -0.15) is 0 Å². The Balaban J connectivity index is 2.58. The van der Waals surface area contributed by atoms with E-state index in [4.69, 9.17) is 21.1 Å². The summed E-state index contributed by atoms with van der Waals surface area (Å²) >= 11 is 5.50. The number of hydrogen-bond donors (Lipinski definition) is 1. The highest BCUT2D eigenvalue weighted by Crippen LogP contribution is 2.14. The molecular weight excluding hydrogens is 152 g/mol. The molecule has 0 saturated carbocycles. The Morgan fingerprint density at radius 2 is 2.40 bits per heavy atom. The number of rotatable bonds is 2. The van der Waals surface area contributed by atoms with Crippen LogP contribution in [0, 0.1) is 0 Å². The molecule has 3 heteroatoms. The fourth-order valence-electron chi connectivity index (χ4n) is 0.753. The fraction of sp³-hybridized carbons (Fsp3) is 0.429. The summed E-state index contributed by atoms with van der Waals surface area (Å²) in [6.07, 6.45) is 0.148. The van der Waals surface area contributed by atoms with Crippen molar-refractivity contribution >= 4 is 11.6 Å². The SMILES string of the molecule is C[C@H](O)Cc1ccc(Cl)o1. The van der Waals surface area contributed by atoms with Gasteiger partial charge in [0.1, 0.15) is 5.76 Å². The molecule has 10 heavy (non-hydrogen) atoms. The van der Waals surface area contributed by atoms with Crippen molar-refractivity contribution in [1.29, 1.82) is 0 Å². The molecule has 0 unspecified atom stereocenters. The van der Waals surface area contributed by atoms with Gasteiger partial charge in [0.25, 0.3) is 0 Å². The van der Waals surface area contributed by atoms with Gasteiger partial charge in [0.2, 0.25) is 0 Å². The predicted molar refractivity (Wildman–Crippen MR) is 39.1 cm³/mol. The summed E-state index contributed by atoms with van der Waals surface area (Å²) in [5, 5.41) is 9.28. The number of halogens is 1. The largest absolute Gasteiger partial charge is 0.450 e. The summed E-state index contributed by atoms with van der Waals surface area (Å²) in [5.41, 5.74) is 0. The molecule has 0 aliphatic rings. The average molecular weight is 161 g/mol. The first kappa shape index (κ1) is 7.63. The van der Waals surface area contributed by atoms with E-state index in [0.29, 0.717) is 11.6 Å². The third kappa shape index (κ3) is 2.05. The van der Waals surface area contributed by atoms with Crippen molar-refractivity contribution in [3.8, 4) is 0 Å². The Morgan fingerprint density at radius 3 is 2.80 bits per heavy atom. The molecule has 1 aromatic rings. The number of aliphatic hydroxyl groups excluding tert-OH is 1. The Labute approximate surface area is 64.4 Å². The molecule has 0 aromatic carbocycles. The van der Waals surface area contributed by atoms with Crippen molar-refractivity contribution in [3.05, 3.63) is 23.1 Å². The van der Waals surface area contributed by atoms with E-state index in [0.717, 1.165) is 5.76 Å². The molecule has 1 heterocycles. The van der Waals surface area contributed by atoms with E-state index in [1.54, 1.807) is 19.1 Å². The van der Waals surface area contributed by atoms with Gasteiger partial charge in [0.05, 0.1) is 6.10 Å². The normalized spacial score (nSPS) is 13.5. The van der Waals surface area contributed by atoms with Gasteiger partial charge in [-0.05, 0) is 30.7 Å². The zero-order chi connectivity index (χ0) is 7.56. The van der Waals surface area contributed by atoms with Gasteiger partial charge in [0.15, 0.2) is 5.22 Å². The highest BCUT2D eigenvalue weighted by atomic mass is 35.5. The maximum atomic E-state index is 8.91. The molecule has 1 atom stereocenters. The van der Waals surface area contributed by atoms with Gasteiger partial charge in [-0.3, -0.25) is 0 Å². The molecule has 0 fully saturated rings. The van der Waals surface area contributed by atoms with Crippen LogP contribution in [-0.2, 0) is 6.42 Å². The number of hydrogen-bond acceptors (Lipinski definition) is 2. The first-order valence-electron chi connectivity index (χ1n) is 3.11. The zero-order valence-electron chi connectivity index (χ0n) is 5.67. The average Bonchev–Trinajstić information content (AvgIpc) is 2.13. The van der Waals surface area contributed by atoms with Crippen LogP contribution in [0.5, 0.6) is 0 Å². The quantitative estimate of drug-likeness (QED) is 0.717. The van der Waals surface area contributed by atoms with Crippen LogP contribution < -0.4 is 0 Å². The Bertz CT molecular complexity index is 205. The molecule has 56 valence electrons. The van der Waals surface area contributed by atoms with E-state index < -0.39 is 0 Å². The third-order valence-corrected chi connectivity index (χ3v) is 1.33. The zero-order valence-corrected chi connectivity index (χ0v) is 6.43. The number of aliphatic hydroxyl groups is 1. The molecule has 0 bridgehead atoms. The fourth-order valence-corrected chi connectivity index (χ4v) is 0.915. The van der Waals surface area contributed by atoms with Crippen molar-refractivity contribution in [3.63, 3.8) is 0 Å². The predicted octanol–water partition coefficient (Wildman–Crippen LogP) is 1.86. The molecule has 1 N–H and O–H groups in total. The van der Waals surface area contributed by atoms with Crippen molar-refractivity contribution in [2.45, 2.75) is 19.4 Å². The van der Waals surface area contributed by atoms with Crippen LogP contribution in [-0.4, -0.2) is 11.2 Å². The molecule has 1 rings (SSSR count). The summed E-state index contributed by atoms with van der Waals surface area (Å²) in [7, 11) is 0. The van der Waals surface area contributed by atoms with Crippen LogP contribution in [0.1, 0.15) is 12.7 Å². The van der Waals surface area contributed by atoms with Crippen molar-refractivity contribution in [2.24, 2.45) is 0 Å². The number of furan rings is 1. The molecule has 0 aliphatic heterocycles. The lowest BCUT2D eigenvalue weighted by Crippen LogP contribution is -2.02. The van der Waals surface area contributed by atoms with Crippen LogP contribution in [0.4, 0.5) is 0 Å². The Hall–Kier alpha value is -0.470. The topological polar surface area (TPSA) is 33.4 Å². The summed E-state index contributed by atoms with van der Waals surface area (Å²) in [6, 6.07) is 3.42.